The molecule has 1 nitrogen and oxygen atoms in total. The van der Waals surface area contributed by atoms with Crippen LogP contribution in [0.3, 0.4) is 0 Å². The molecule has 1 aromatic carbocycles. The van der Waals surface area contributed by atoms with Crippen LogP contribution in [0, 0.1) is 12.3 Å². The summed E-state index contributed by atoms with van der Waals surface area (Å²) < 4.78 is 6.54. The molecular formula is C21H28OSi. The van der Waals surface area contributed by atoms with Crippen LogP contribution < -0.4 is 0 Å². The molecular weight excluding hydrogens is 296 g/mol. The van der Waals surface area contributed by atoms with Gasteiger partial charge in [-0.05, 0) is 34.8 Å². The predicted molar refractivity (Wildman–Crippen MR) is 103 cm³/mol. The molecule has 0 N–H and O–H groups in total. The molecule has 0 saturated heterocycles. The average molecular weight is 325 g/mol. The Morgan fingerprint density at radius 1 is 1.26 bits per heavy atom. The highest BCUT2D eigenvalue weighted by Crippen LogP contribution is 2.42. The molecule has 1 aromatic rings. The molecule has 1 aliphatic rings. The van der Waals surface area contributed by atoms with Crippen LogP contribution in [0.1, 0.15) is 38.3 Å². The molecule has 0 radical (unpaired) electrons. The Kier molecular flexibility index (Phi) is 4.75. The van der Waals surface area contributed by atoms with Crippen molar-refractivity contribution in [3.63, 3.8) is 0 Å². The summed E-state index contributed by atoms with van der Waals surface area (Å²) in [4.78, 5) is 0. The van der Waals surface area contributed by atoms with Crippen molar-refractivity contribution in [3.8, 4) is 12.3 Å². The first-order chi connectivity index (χ1) is 10.6. The second kappa shape index (κ2) is 6.15. The number of rotatable bonds is 4. The van der Waals surface area contributed by atoms with E-state index >= 15 is 0 Å². The third kappa shape index (κ3) is 3.36. The van der Waals surface area contributed by atoms with Gasteiger partial charge in [0.1, 0.15) is 0 Å². The highest BCUT2D eigenvalue weighted by Gasteiger charge is 2.41. The molecule has 0 heterocycles. The number of hydrogen-bond acceptors (Lipinski definition) is 1. The van der Waals surface area contributed by atoms with Crippen LogP contribution in [-0.4, -0.2) is 14.9 Å². The summed E-state index contributed by atoms with van der Waals surface area (Å²) in [6, 6.07) is 8.41. The topological polar surface area (TPSA) is 9.23 Å². The van der Waals surface area contributed by atoms with E-state index in [-0.39, 0.29) is 10.5 Å². The van der Waals surface area contributed by atoms with Crippen LogP contribution in [-0.2, 0) is 9.84 Å². The van der Waals surface area contributed by atoms with Gasteiger partial charge in [0.05, 0.1) is 0 Å². The quantitative estimate of drug-likeness (QED) is 0.521. The zero-order valence-corrected chi connectivity index (χ0v) is 16.1. The van der Waals surface area contributed by atoms with Crippen molar-refractivity contribution in [1.29, 1.82) is 0 Å². The van der Waals surface area contributed by atoms with E-state index in [1.807, 2.05) is 0 Å². The van der Waals surface area contributed by atoms with E-state index in [4.69, 9.17) is 10.8 Å². The minimum absolute atomic E-state index is 0.186. The van der Waals surface area contributed by atoms with Crippen molar-refractivity contribution < 1.29 is 4.43 Å². The summed E-state index contributed by atoms with van der Waals surface area (Å²) in [6.07, 6.45) is 10.6. The van der Waals surface area contributed by atoms with Crippen molar-refractivity contribution in [1.82, 2.24) is 0 Å². The summed E-state index contributed by atoms with van der Waals surface area (Å²) in [5.74, 6) is 2.86. The summed E-state index contributed by atoms with van der Waals surface area (Å²) in [7, 11) is -1.83. The van der Waals surface area contributed by atoms with E-state index in [1.165, 1.54) is 11.1 Å². The van der Waals surface area contributed by atoms with E-state index in [2.05, 4.69) is 82.8 Å². The van der Waals surface area contributed by atoms with Gasteiger partial charge in [-0.3, -0.25) is 0 Å². The van der Waals surface area contributed by atoms with Gasteiger partial charge in [0.15, 0.2) is 8.32 Å². The van der Waals surface area contributed by atoms with Crippen LogP contribution in [0.15, 0.2) is 43.0 Å². The third-order valence-electron chi connectivity index (χ3n) is 5.33. The molecule has 0 aromatic heterocycles. The van der Waals surface area contributed by atoms with Gasteiger partial charge >= 0.3 is 0 Å². The smallest absolute Gasteiger partial charge is 0.192 e. The number of allylic oxidation sites excluding steroid dienone is 2. The van der Waals surface area contributed by atoms with Gasteiger partial charge in [-0.15, -0.1) is 12.3 Å². The first kappa shape index (κ1) is 17.8. The Labute approximate surface area is 142 Å². The Morgan fingerprint density at radius 2 is 1.91 bits per heavy atom. The molecule has 23 heavy (non-hydrogen) atoms. The summed E-state index contributed by atoms with van der Waals surface area (Å²) in [5.41, 5.74) is 3.22. The lowest BCUT2D eigenvalue weighted by Gasteiger charge is -2.41. The van der Waals surface area contributed by atoms with E-state index in [0.29, 0.717) is 13.0 Å². The lowest BCUT2D eigenvalue weighted by molar-refractivity contribution is 0.227. The molecule has 0 amide bonds. The maximum atomic E-state index is 6.54. The fourth-order valence-electron chi connectivity index (χ4n) is 2.68. The largest absolute Gasteiger partial charge is 0.416 e. The highest BCUT2D eigenvalue weighted by atomic mass is 28.4. The molecule has 1 unspecified atom stereocenters. The number of fused-ring (bicyclic) bond motifs is 1. The van der Waals surface area contributed by atoms with Crippen molar-refractivity contribution >= 4 is 13.9 Å². The molecule has 1 aliphatic carbocycles. The number of terminal acetylenes is 1. The summed E-state index contributed by atoms with van der Waals surface area (Å²) in [6.45, 7) is 16.2. The minimum atomic E-state index is -1.83. The van der Waals surface area contributed by atoms with Crippen LogP contribution in [0.2, 0.25) is 18.1 Å². The Morgan fingerprint density at radius 3 is 2.52 bits per heavy atom. The van der Waals surface area contributed by atoms with Gasteiger partial charge in [-0.1, -0.05) is 63.8 Å². The molecule has 0 aliphatic heterocycles. The maximum absolute atomic E-state index is 6.54. The molecule has 0 spiro atoms. The standard InChI is InChI=1S/C21H28OSi/c1-8-14-21(16-22-23(6,7)20(3,4)5)15-13-17(2)18-11-9-10-12-19(18)21/h1,9-13,15H,2,14,16H2,3-7H3. The van der Waals surface area contributed by atoms with Gasteiger partial charge < -0.3 is 4.43 Å². The van der Waals surface area contributed by atoms with Gasteiger partial charge in [-0.25, -0.2) is 0 Å². The summed E-state index contributed by atoms with van der Waals surface area (Å²) in [5, 5.41) is 0.186. The van der Waals surface area contributed by atoms with Crippen molar-refractivity contribution in [2.24, 2.45) is 0 Å². The van der Waals surface area contributed by atoms with E-state index in [1.54, 1.807) is 0 Å². The summed E-state index contributed by atoms with van der Waals surface area (Å²) >= 11 is 0. The first-order valence-electron chi connectivity index (χ1n) is 8.18. The zero-order valence-electron chi connectivity index (χ0n) is 15.1. The second-order valence-electron chi connectivity index (χ2n) is 7.99. The van der Waals surface area contributed by atoms with Crippen LogP contribution in [0.4, 0.5) is 0 Å². The maximum Gasteiger partial charge on any atom is 0.192 e. The van der Waals surface area contributed by atoms with Crippen LogP contribution >= 0.6 is 0 Å². The zero-order chi connectivity index (χ0) is 17.3. The van der Waals surface area contributed by atoms with E-state index < -0.39 is 8.32 Å². The molecule has 122 valence electrons. The fraction of sp³-hybridized carbons (Fsp3) is 0.429. The second-order valence-corrected chi connectivity index (χ2v) is 12.8. The lowest BCUT2D eigenvalue weighted by atomic mass is 9.72. The van der Waals surface area contributed by atoms with Crippen LogP contribution in [0.25, 0.3) is 5.57 Å². The highest BCUT2D eigenvalue weighted by molar-refractivity contribution is 6.74. The van der Waals surface area contributed by atoms with Gasteiger partial charge in [-0.2, -0.15) is 0 Å². The van der Waals surface area contributed by atoms with Gasteiger partial charge in [0, 0.05) is 18.4 Å². The van der Waals surface area contributed by atoms with Crippen molar-refractivity contribution in [2.75, 3.05) is 6.61 Å². The molecule has 2 rings (SSSR count). The predicted octanol–water partition coefficient (Wildman–Crippen LogP) is 5.55. The number of hydrogen-bond donors (Lipinski definition) is 0. The first-order valence-corrected chi connectivity index (χ1v) is 11.1. The molecule has 0 saturated carbocycles. The molecule has 0 bridgehead atoms. The van der Waals surface area contributed by atoms with Crippen molar-refractivity contribution in [3.05, 3.63) is 54.1 Å². The SMILES string of the molecule is C#CCC1(CO[Si](C)(C)C(C)(C)C)C=CC(=C)c2ccccc21. The fourth-order valence-corrected chi connectivity index (χ4v) is 3.73. The Hall–Kier alpha value is -1.56. The van der Waals surface area contributed by atoms with Gasteiger partial charge in [0.25, 0.3) is 0 Å². The Bertz CT molecular complexity index is 670. The van der Waals surface area contributed by atoms with Crippen molar-refractivity contribution in [2.45, 2.75) is 50.7 Å². The monoisotopic (exact) mass is 324 g/mol. The number of benzene rings is 1. The van der Waals surface area contributed by atoms with E-state index in [0.717, 1.165) is 5.57 Å². The normalized spacial score (nSPS) is 21.0. The van der Waals surface area contributed by atoms with Gasteiger partial charge in [0.2, 0.25) is 0 Å². The average Bonchev–Trinajstić information content (AvgIpc) is 2.48. The van der Waals surface area contributed by atoms with E-state index in [9.17, 15) is 0 Å². The third-order valence-corrected chi connectivity index (χ3v) is 9.81. The lowest BCUT2D eigenvalue weighted by Crippen LogP contribution is -2.45. The minimum Gasteiger partial charge on any atom is -0.416 e. The van der Waals surface area contributed by atoms with Crippen LogP contribution in [0.5, 0.6) is 0 Å². The molecule has 1 atom stereocenters. The Balaban J connectivity index is 2.41. The molecule has 0 fully saturated rings. The molecule has 2 heteroatoms.